The van der Waals surface area contributed by atoms with Gasteiger partial charge < -0.3 is 29.2 Å². The molecule has 17 heteroatoms. The zero-order valence-corrected chi connectivity index (χ0v) is 34.3. The summed E-state index contributed by atoms with van der Waals surface area (Å²) in [4.78, 5) is 44.8. The molecule has 3 heterocycles. The van der Waals surface area contributed by atoms with Gasteiger partial charge in [-0.1, -0.05) is 106 Å². The standard InChI is InChI=1S/C43H47N6O10P/c1-4-30(5-2)25-54-42(52)29(3)48-60(53,59-33-19-13-8-14-20-33)55-26-35-39(56-37(50)23-31-15-9-6-10-16-31)40(57-38(51)24-32-17-11-7-12-18-32)43(27-44,58-35)36-22-21-34-41(45)46-28-47-49(34)36/h6-22,28-30,35,39-40H,4-5,23-26H2,1-3H3,(H,48,53)(H2,45,46,47)/t29?,35-,39-,40-,43+,60+/m1/s1. The van der Waals surface area contributed by atoms with Crippen molar-refractivity contribution in [2.45, 2.75) is 76.4 Å². The number of benzene rings is 3. The molecule has 0 amide bonds. The minimum atomic E-state index is -4.53. The lowest BCUT2D eigenvalue weighted by Gasteiger charge is -2.29. The number of hydrogen-bond acceptors (Lipinski definition) is 14. The monoisotopic (exact) mass is 838 g/mol. The Morgan fingerprint density at radius 3 is 2.12 bits per heavy atom. The Labute approximate surface area is 347 Å². The van der Waals surface area contributed by atoms with Crippen LogP contribution < -0.4 is 15.3 Å². The number of nitrogen functional groups attached to an aromatic ring is 1. The summed E-state index contributed by atoms with van der Waals surface area (Å²) in [5.74, 6) is -1.84. The first kappa shape index (κ1) is 43.5. The van der Waals surface area contributed by atoms with Crippen molar-refractivity contribution >= 4 is 37.0 Å². The third-order valence-corrected chi connectivity index (χ3v) is 11.7. The molecule has 0 radical (unpaired) electrons. The number of anilines is 1. The molecule has 1 saturated heterocycles. The molecule has 1 unspecified atom stereocenters. The second kappa shape index (κ2) is 19.8. The van der Waals surface area contributed by atoms with Gasteiger partial charge in [-0.05, 0) is 48.2 Å². The first-order valence-electron chi connectivity index (χ1n) is 19.6. The average molecular weight is 839 g/mol. The maximum atomic E-state index is 14.7. The van der Waals surface area contributed by atoms with Crippen molar-refractivity contribution in [3.8, 4) is 11.8 Å². The van der Waals surface area contributed by atoms with Crippen LogP contribution in [0.1, 0.15) is 50.4 Å². The van der Waals surface area contributed by atoms with Gasteiger partial charge in [0.1, 0.15) is 35.8 Å². The van der Waals surface area contributed by atoms with Crippen LogP contribution in [0, 0.1) is 17.2 Å². The minimum absolute atomic E-state index is 0.0638. The van der Waals surface area contributed by atoms with Crippen LogP contribution in [0.3, 0.4) is 0 Å². The summed E-state index contributed by atoms with van der Waals surface area (Å²) in [7, 11) is -4.53. The Morgan fingerprint density at radius 1 is 0.917 bits per heavy atom. The number of carbonyl (C=O) groups is 3. The Bertz CT molecular complexity index is 2320. The number of aromatic nitrogens is 3. The minimum Gasteiger partial charge on any atom is -0.464 e. The number of fused-ring (bicyclic) bond motifs is 1. The lowest BCUT2D eigenvalue weighted by atomic mass is 9.92. The van der Waals surface area contributed by atoms with Gasteiger partial charge in [0.05, 0.1) is 31.7 Å². The summed E-state index contributed by atoms with van der Waals surface area (Å²) in [6.07, 6.45) is -2.26. The molecule has 5 aromatic rings. The highest BCUT2D eigenvalue weighted by molar-refractivity contribution is 7.52. The molecule has 6 rings (SSSR count). The van der Waals surface area contributed by atoms with E-state index >= 15 is 0 Å². The summed E-state index contributed by atoms with van der Waals surface area (Å²) in [6.45, 7) is 4.93. The fourth-order valence-corrected chi connectivity index (χ4v) is 8.23. The molecule has 16 nitrogen and oxygen atoms in total. The summed E-state index contributed by atoms with van der Waals surface area (Å²) in [5.41, 5.74) is 5.55. The van der Waals surface area contributed by atoms with Crippen LogP contribution in [0.5, 0.6) is 5.75 Å². The van der Waals surface area contributed by atoms with Crippen molar-refractivity contribution in [2.24, 2.45) is 5.92 Å². The van der Waals surface area contributed by atoms with E-state index in [0.29, 0.717) is 16.6 Å². The van der Waals surface area contributed by atoms with Crippen LogP contribution in [0.15, 0.2) is 109 Å². The maximum Gasteiger partial charge on any atom is 0.459 e. The Kier molecular flexibility index (Phi) is 14.3. The number of nitrogens with one attached hydrogen (secondary N) is 1. The lowest BCUT2D eigenvalue weighted by Crippen LogP contribution is -2.46. The van der Waals surface area contributed by atoms with Gasteiger partial charge in [0, 0.05) is 0 Å². The highest BCUT2D eigenvalue weighted by atomic mass is 31.2. The number of para-hydroxylation sites is 1. The van der Waals surface area contributed by atoms with Crippen LogP contribution in [-0.4, -0.2) is 70.1 Å². The van der Waals surface area contributed by atoms with Gasteiger partial charge in [0.15, 0.2) is 18.0 Å². The van der Waals surface area contributed by atoms with E-state index in [4.69, 9.17) is 33.7 Å². The van der Waals surface area contributed by atoms with Gasteiger partial charge in [-0.15, -0.1) is 0 Å². The first-order valence-corrected chi connectivity index (χ1v) is 21.1. The molecule has 6 atom stereocenters. The normalized spacial score (nSPS) is 20.1. The number of nitrogens with two attached hydrogens (primary N) is 1. The number of nitrogens with zero attached hydrogens (tertiary/aromatic N) is 4. The van der Waals surface area contributed by atoms with E-state index in [1.807, 2.05) is 13.8 Å². The Hall–Kier alpha value is -6.11. The number of rotatable bonds is 19. The molecule has 3 aromatic carbocycles. The van der Waals surface area contributed by atoms with Crippen LogP contribution in [0.4, 0.5) is 5.82 Å². The second-order valence-electron chi connectivity index (χ2n) is 14.2. The number of nitriles is 1. The zero-order chi connectivity index (χ0) is 42.7. The molecule has 0 spiro atoms. The van der Waals surface area contributed by atoms with Gasteiger partial charge >= 0.3 is 25.7 Å². The van der Waals surface area contributed by atoms with E-state index in [1.54, 1.807) is 97.1 Å². The predicted octanol–water partition coefficient (Wildman–Crippen LogP) is 5.90. The molecule has 1 aliphatic rings. The average Bonchev–Trinajstić information content (AvgIpc) is 3.81. The maximum absolute atomic E-state index is 14.7. The van der Waals surface area contributed by atoms with Crippen molar-refractivity contribution < 1.29 is 46.9 Å². The van der Waals surface area contributed by atoms with Crippen molar-refractivity contribution in [2.75, 3.05) is 18.9 Å². The molecular formula is C43H47N6O10P. The van der Waals surface area contributed by atoms with E-state index < -0.39 is 62.2 Å². The Morgan fingerprint density at radius 2 is 1.52 bits per heavy atom. The van der Waals surface area contributed by atoms with Gasteiger partial charge in [-0.25, -0.2) is 14.1 Å². The van der Waals surface area contributed by atoms with Crippen molar-refractivity contribution in [1.82, 2.24) is 19.7 Å². The molecule has 0 saturated carbocycles. The van der Waals surface area contributed by atoms with Crippen LogP contribution in [0.2, 0.25) is 0 Å². The molecule has 0 bridgehead atoms. The van der Waals surface area contributed by atoms with Crippen LogP contribution >= 0.6 is 7.75 Å². The second-order valence-corrected chi connectivity index (χ2v) is 15.9. The highest BCUT2D eigenvalue weighted by Gasteiger charge is 2.63. The predicted molar refractivity (Wildman–Crippen MR) is 218 cm³/mol. The smallest absolute Gasteiger partial charge is 0.459 e. The van der Waals surface area contributed by atoms with Crippen LogP contribution in [-0.2, 0) is 60.9 Å². The Balaban J connectivity index is 1.38. The summed E-state index contributed by atoms with van der Waals surface area (Å²) < 4.78 is 52.2. The van der Waals surface area contributed by atoms with Crippen molar-refractivity contribution in [3.05, 3.63) is 126 Å². The van der Waals surface area contributed by atoms with Gasteiger partial charge in [-0.2, -0.15) is 15.4 Å². The molecule has 1 fully saturated rings. The van der Waals surface area contributed by atoms with Crippen molar-refractivity contribution in [3.63, 3.8) is 0 Å². The third-order valence-electron chi connectivity index (χ3n) is 10.0. The summed E-state index contributed by atoms with van der Waals surface area (Å²) in [5, 5.41) is 18.1. The SMILES string of the molecule is CCC(CC)COC(=O)C(C)N[P@](=O)(OC[C@H]1O[C@@](C#N)(c2ccc3c(N)ncnn23)[C@H](OC(=O)Cc2ccccc2)[C@@H]1OC(=O)Cc1ccccc1)Oc1ccccc1. The quantitative estimate of drug-likeness (QED) is 0.0563. The molecule has 0 aliphatic carbocycles. The zero-order valence-electron chi connectivity index (χ0n) is 33.4. The third kappa shape index (κ3) is 10.4. The van der Waals surface area contributed by atoms with Gasteiger partial charge in [0.25, 0.3) is 0 Å². The number of esters is 3. The molecule has 60 heavy (non-hydrogen) atoms. The van der Waals surface area contributed by atoms with E-state index in [1.165, 1.54) is 23.8 Å². The first-order chi connectivity index (χ1) is 29.0. The van der Waals surface area contributed by atoms with E-state index in [2.05, 4.69) is 21.2 Å². The van der Waals surface area contributed by atoms with Crippen molar-refractivity contribution in [1.29, 1.82) is 5.26 Å². The number of carbonyl (C=O) groups excluding carboxylic acids is 3. The molecular weight excluding hydrogens is 791 g/mol. The van der Waals surface area contributed by atoms with E-state index in [9.17, 15) is 24.2 Å². The number of hydrogen-bond donors (Lipinski definition) is 2. The largest absolute Gasteiger partial charge is 0.464 e. The van der Waals surface area contributed by atoms with Gasteiger partial charge in [0.2, 0.25) is 5.60 Å². The summed E-state index contributed by atoms with van der Waals surface area (Å²) in [6, 6.07) is 29.8. The molecule has 3 N–H and O–H groups in total. The molecule has 1 aliphatic heterocycles. The lowest BCUT2D eigenvalue weighted by molar-refractivity contribution is -0.168. The highest BCUT2D eigenvalue weighted by Crippen LogP contribution is 2.48. The van der Waals surface area contributed by atoms with Crippen LogP contribution in [0.25, 0.3) is 5.52 Å². The number of ether oxygens (including phenoxy) is 4. The van der Waals surface area contributed by atoms with E-state index in [-0.39, 0.29) is 42.6 Å². The fourth-order valence-electron chi connectivity index (χ4n) is 6.73. The van der Waals surface area contributed by atoms with Gasteiger partial charge in [-0.3, -0.25) is 18.9 Å². The topological polar surface area (TPSA) is 216 Å². The van der Waals surface area contributed by atoms with E-state index in [0.717, 1.165) is 12.8 Å². The molecule has 2 aromatic heterocycles. The molecule has 314 valence electrons. The fraction of sp³-hybridized carbons (Fsp3) is 0.349. The summed E-state index contributed by atoms with van der Waals surface area (Å²) >= 11 is 0.